The standard InChI is InChI=1S/C23H24N2O6/c1-14(2)29-10-9-25-20(16-5-3-4-8-24-16)19(22(27)23(25)28)21(26)15-6-7-17-18(13-15)31-12-11-30-17/h3-8,13-14,20,26H,9-12H2,1-2H3/b21-19-. The van der Waals surface area contributed by atoms with Crippen molar-refractivity contribution in [2.45, 2.75) is 26.0 Å². The van der Waals surface area contributed by atoms with Gasteiger partial charge >= 0.3 is 0 Å². The highest BCUT2D eigenvalue weighted by Crippen LogP contribution is 2.40. The lowest BCUT2D eigenvalue weighted by atomic mass is 9.98. The smallest absolute Gasteiger partial charge is 0.295 e. The molecule has 0 spiro atoms. The maximum Gasteiger partial charge on any atom is 0.295 e. The fourth-order valence-electron chi connectivity index (χ4n) is 3.69. The van der Waals surface area contributed by atoms with Crippen molar-refractivity contribution >= 4 is 17.4 Å². The molecule has 1 unspecified atom stereocenters. The zero-order valence-electron chi connectivity index (χ0n) is 17.4. The van der Waals surface area contributed by atoms with E-state index in [4.69, 9.17) is 14.2 Å². The molecule has 2 aliphatic heterocycles. The van der Waals surface area contributed by atoms with Gasteiger partial charge in [-0.3, -0.25) is 14.6 Å². The molecule has 162 valence electrons. The Morgan fingerprint density at radius 3 is 2.68 bits per heavy atom. The van der Waals surface area contributed by atoms with E-state index < -0.39 is 17.7 Å². The summed E-state index contributed by atoms with van der Waals surface area (Å²) < 4.78 is 16.7. The van der Waals surface area contributed by atoms with Crippen LogP contribution in [0.25, 0.3) is 5.76 Å². The summed E-state index contributed by atoms with van der Waals surface area (Å²) in [6.07, 6.45) is 1.58. The Morgan fingerprint density at radius 1 is 1.19 bits per heavy atom. The molecule has 1 atom stereocenters. The third-order valence-corrected chi connectivity index (χ3v) is 5.11. The van der Waals surface area contributed by atoms with Crippen LogP contribution in [0.3, 0.4) is 0 Å². The van der Waals surface area contributed by atoms with E-state index in [1.165, 1.54) is 4.90 Å². The fraction of sp³-hybridized carbons (Fsp3) is 0.348. The van der Waals surface area contributed by atoms with Gasteiger partial charge in [-0.15, -0.1) is 0 Å². The predicted molar refractivity (Wildman–Crippen MR) is 112 cm³/mol. The number of carbonyl (C=O) groups excluding carboxylic acids is 2. The Balaban J connectivity index is 1.76. The maximum absolute atomic E-state index is 13.0. The number of aromatic nitrogens is 1. The molecule has 1 aromatic heterocycles. The first-order valence-corrected chi connectivity index (χ1v) is 10.2. The number of likely N-dealkylation sites (tertiary alicyclic amines) is 1. The van der Waals surface area contributed by atoms with Crippen molar-refractivity contribution in [1.29, 1.82) is 0 Å². The highest BCUT2D eigenvalue weighted by Gasteiger charge is 2.46. The van der Waals surface area contributed by atoms with Gasteiger partial charge in [0.15, 0.2) is 11.5 Å². The number of amides is 1. The molecule has 1 fully saturated rings. The molecule has 1 amide bonds. The number of aliphatic hydroxyl groups excluding tert-OH is 1. The van der Waals surface area contributed by atoms with Crippen LogP contribution in [0.15, 0.2) is 48.2 Å². The zero-order chi connectivity index (χ0) is 22.0. The van der Waals surface area contributed by atoms with Crippen LogP contribution in [0.2, 0.25) is 0 Å². The lowest BCUT2D eigenvalue weighted by molar-refractivity contribution is -0.140. The highest BCUT2D eigenvalue weighted by molar-refractivity contribution is 6.46. The average molecular weight is 424 g/mol. The van der Waals surface area contributed by atoms with Gasteiger partial charge in [-0.2, -0.15) is 0 Å². The van der Waals surface area contributed by atoms with E-state index in [2.05, 4.69) is 4.98 Å². The van der Waals surface area contributed by atoms with Crippen molar-refractivity contribution in [3.05, 3.63) is 59.4 Å². The summed E-state index contributed by atoms with van der Waals surface area (Å²) in [5, 5.41) is 11.1. The number of pyridine rings is 1. The summed E-state index contributed by atoms with van der Waals surface area (Å²) in [6.45, 7) is 5.09. The molecule has 0 saturated carbocycles. The van der Waals surface area contributed by atoms with Gasteiger partial charge in [-0.25, -0.2) is 0 Å². The Bertz CT molecular complexity index is 1020. The molecule has 0 radical (unpaired) electrons. The second-order valence-corrected chi connectivity index (χ2v) is 7.53. The van der Waals surface area contributed by atoms with E-state index >= 15 is 0 Å². The molecule has 1 aromatic carbocycles. The second kappa shape index (κ2) is 8.77. The molecule has 1 saturated heterocycles. The minimum atomic E-state index is -0.815. The molecular formula is C23H24N2O6. The molecule has 2 aromatic rings. The van der Waals surface area contributed by atoms with Crippen LogP contribution < -0.4 is 9.47 Å². The number of aliphatic hydroxyl groups is 1. The number of rotatable bonds is 6. The number of hydrogen-bond acceptors (Lipinski definition) is 7. The first-order valence-electron chi connectivity index (χ1n) is 10.2. The average Bonchev–Trinajstić information content (AvgIpc) is 3.03. The summed E-state index contributed by atoms with van der Waals surface area (Å²) in [5.74, 6) is -0.687. The molecule has 31 heavy (non-hydrogen) atoms. The summed E-state index contributed by atoms with van der Waals surface area (Å²) in [4.78, 5) is 31.6. The first kappa shape index (κ1) is 20.9. The third-order valence-electron chi connectivity index (χ3n) is 5.11. The third kappa shape index (κ3) is 4.11. The van der Waals surface area contributed by atoms with E-state index in [1.807, 2.05) is 13.8 Å². The number of ether oxygens (including phenoxy) is 3. The van der Waals surface area contributed by atoms with Gasteiger partial charge in [-0.05, 0) is 44.2 Å². The molecule has 1 N–H and O–H groups in total. The van der Waals surface area contributed by atoms with Crippen LogP contribution in [-0.4, -0.2) is 59.2 Å². The maximum atomic E-state index is 13.0. The number of nitrogens with zero attached hydrogens (tertiary/aromatic N) is 2. The molecule has 8 heteroatoms. The minimum absolute atomic E-state index is 0.00933. The van der Waals surface area contributed by atoms with Crippen LogP contribution in [0.5, 0.6) is 11.5 Å². The number of hydrogen-bond donors (Lipinski definition) is 1. The van der Waals surface area contributed by atoms with Gasteiger partial charge in [0.2, 0.25) is 0 Å². The summed E-state index contributed by atoms with van der Waals surface area (Å²) in [5.41, 5.74) is 0.844. The van der Waals surface area contributed by atoms with E-state index in [9.17, 15) is 14.7 Å². The van der Waals surface area contributed by atoms with Crippen LogP contribution in [0.4, 0.5) is 0 Å². The van der Waals surface area contributed by atoms with Crippen LogP contribution >= 0.6 is 0 Å². The van der Waals surface area contributed by atoms with Crippen molar-refractivity contribution in [1.82, 2.24) is 9.88 Å². The number of carbonyl (C=O) groups is 2. The molecule has 0 aliphatic carbocycles. The lowest BCUT2D eigenvalue weighted by Crippen LogP contribution is -2.33. The normalized spacial score (nSPS) is 19.8. The topological polar surface area (TPSA) is 98.2 Å². The van der Waals surface area contributed by atoms with Gasteiger partial charge in [-0.1, -0.05) is 6.07 Å². The number of benzene rings is 1. The van der Waals surface area contributed by atoms with E-state index in [1.54, 1.807) is 42.6 Å². The first-order chi connectivity index (χ1) is 15.0. The Morgan fingerprint density at radius 2 is 1.97 bits per heavy atom. The Labute approximate surface area is 180 Å². The number of Topliss-reactive ketones (excluding diaryl/α,β-unsaturated/α-hetero) is 1. The monoisotopic (exact) mass is 424 g/mol. The van der Waals surface area contributed by atoms with Gasteiger partial charge in [0.05, 0.1) is 24.0 Å². The van der Waals surface area contributed by atoms with Crippen molar-refractivity contribution in [3.63, 3.8) is 0 Å². The van der Waals surface area contributed by atoms with E-state index in [0.29, 0.717) is 36.0 Å². The van der Waals surface area contributed by atoms with Gasteiger partial charge in [0.1, 0.15) is 25.0 Å². The quantitative estimate of drug-likeness (QED) is 0.432. The lowest BCUT2D eigenvalue weighted by Gasteiger charge is -2.25. The zero-order valence-corrected chi connectivity index (χ0v) is 17.4. The highest BCUT2D eigenvalue weighted by atomic mass is 16.6. The predicted octanol–water partition coefficient (Wildman–Crippen LogP) is 2.70. The van der Waals surface area contributed by atoms with Gasteiger partial charge in [0, 0.05) is 18.3 Å². The van der Waals surface area contributed by atoms with E-state index in [0.717, 1.165) is 0 Å². The van der Waals surface area contributed by atoms with Crippen molar-refractivity contribution < 1.29 is 28.9 Å². The van der Waals surface area contributed by atoms with E-state index in [-0.39, 0.29) is 30.6 Å². The van der Waals surface area contributed by atoms with Gasteiger partial charge < -0.3 is 24.2 Å². The van der Waals surface area contributed by atoms with Crippen molar-refractivity contribution in [2.24, 2.45) is 0 Å². The van der Waals surface area contributed by atoms with Crippen molar-refractivity contribution in [3.8, 4) is 11.5 Å². The molecule has 4 rings (SSSR count). The van der Waals surface area contributed by atoms with Crippen LogP contribution in [0, 0.1) is 0 Å². The summed E-state index contributed by atoms with van der Waals surface area (Å²) >= 11 is 0. The number of fused-ring (bicyclic) bond motifs is 1. The second-order valence-electron chi connectivity index (χ2n) is 7.53. The molecular weight excluding hydrogens is 400 g/mol. The fourth-order valence-corrected chi connectivity index (χ4v) is 3.69. The van der Waals surface area contributed by atoms with Crippen molar-refractivity contribution in [2.75, 3.05) is 26.4 Å². The molecule has 0 bridgehead atoms. The SMILES string of the molecule is CC(C)OCCN1C(=O)C(=O)/C(=C(\O)c2ccc3c(c2)OCCO3)C1c1ccccn1. The minimum Gasteiger partial charge on any atom is -0.507 e. The molecule has 8 nitrogen and oxygen atoms in total. The molecule has 2 aliphatic rings. The summed E-state index contributed by atoms with van der Waals surface area (Å²) in [6, 6.07) is 9.35. The van der Waals surface area contributed by atoms with Gasteiger partial charge in [0.25, 0.3) is 11.7 Å². The Kier molecular flexibility index (Phi) is 5.90. The Hall–Kier alpha value is -3.39. The molecule has 3 heterocycles. The number of ketones is 1. The van der Waals surface area contributed by atoms with Crippen LogP contribution in [0.1, 0.15) is 31.1 Å². The van der Waals surface area contributed by atoms with Crippen LogP contribution in [-0.2, 0) is 14.3 Å². The summed E-state index contributed by atoms with van der Waals surface area (Å²) in [7, 11) is 0. The largest absolute Gasteiger partial charge is 0.507 e.